The van der Waals surface area contributed by atoms with E-state index in [0.29, 0.717) is 12.5 Å². The van der Waals surface area contributed by atoms with Crippen LogP contribution in [0.15, 0.2) is 23.4 Å². The van der Waals surface area contributed by atoms with E-state index in [-0.39, 0.29) is 0 Å². The average molecular weight is 154 g/mol. The Morgan fingerprint density at radius 3 is 2.27 bits per heavy atom. The van der Waals surface area contributed by atoms with Crippen LogP contribution in [0.25, 0.3) is 0 Å². The van der Waals surface area contributed by atoms with E-state index in [1.165, 1.54) is 0 Å². The first kappa shape index (κ1) is 10.2. The highest BCUT2D eigenvalue weighted by molar-refractivity contribution is 5.16. The molecular weight excluding hydrogens is 136 g/mol. The molecule has 0 aliphatic heterocycles. The van der Waals surface area contributed by atoms with E-state index in [1.54, 1.807) is 0 Å². The second-order valence-corrected chi connectivity index (χ2v) is 3.04. The van der Waals surface area contributed by atoms with Crippen molar-refractivity contribution in [3.63, 3.8) is 0 Å². The van der Waals surface area contributed by atoms with Gasteiger partial charge in [-0.15, -0.1) is 0 Å². The second kappa shape index (κ2) is 4.97. The Balaban J connectivity index is 4.11. The number of nitrogens with two attached hydrogens (primary N) is 2. The SMILES string of the molecule is C/C(=C\C=C(\N)C(C)C)CN. The van der Waals surface area contributed by atoms with Crippen LogP contribution in [0.2, 0.25) is 0 Å². The van der Waals surface area contributed by atoms with Gasteiger partial charge in [-0.05, 0) is 18.9 Å². The van der Waals surface area contributed by atoms with Gasteiger partial charge in [0.05, 0.1) is 0 Å². The minimum Gasteiger partial charge on any atom is -0.402 e. The molecule has 64 valence electrons. The summed E-state index contributed by atoms with van der Waals surface area (Å²) in [6.45, 7) is 6.72. The van der Waals surface area contributed by atoms with Crippen LogP contribution in [-0.2, 0) is 0 Å². The van der Waals surface area contributed by atoms with Gasteiger partial charge in [-0.25, -0.2) is 0 Å². The highest BCUT2D eigenvalue weighted by atomic mass is 14.6. The van der Waals surface area contributed by atoms with Crippen LogP contribution in [0, 0.1) is 5.92 Å². The summed E-state index contributed by atoms with van der Waals surface area (Å²) in [7, 11) is 0. The standard InChI is InChI=1S/C9H18N2/c1-7(2)9(11)5-4-8(3)6-10/h4-5,7H,6,10-11H2,1-3H3/b8-4+,9-5+. The smallest absolute Gasteiger partial charge is 0.0137 e. The van der Waals surface area contributed by atoms with Crippen molar-refractivity contribution in [3.8, 4) is 0 Å². The lowest BCUT2D eigenvalue weighted by atomic mass is 10.1. The second-order valence-electron chi connectivity index (χ2n) is 3.04. The van der Waals surface area contributed by atoms with E-state index in [1.807, 2.05) is 19.1 Å². The highest BCUT2D eigenvalue weighted by Gasteiger charge is 1.93. The van der Waals surface area contributed by atoms with Crippen LogP contribution in [0.4, 0.5) is 0 Å². The molecule has 0 fully saturated rings. The summed E-state index contributed by atoms with van der Waals surface area (Å²) in [5.41, 5.74) is 13.1. The van der Waals surface area contributed by atoms with Crippen molar-refractivity contribution in [2.75, 3.05) is 6.54 Å². The Bertz CT molecular complexity index is 166. The van der Waals surface area contributed by atoms with Gasteiger partial charge in [0.2, 0.25) is 0 Å². The largest absolute Gasteiger partial charge is 0.402 e. The third kappa shape index (κ3) is 4.62. The molecule has 0 saturated carbocycles. The Morgan fingerprint density at radius 1 is 1.36 bits per heavy atom. The fraction of sp³-hybridized carbons (Fsp3) is 0.556. The van der Waals surface area contributed by atoms with E-state index >= 15 is 0 Å². The van der Waals surface area contributed by atoms with E-state index < -0.39 is 0 Å². The fourth-order valence-electron chi connectivity index (χ4n) is 0.499. The normalized spacial score (nSPS) is 14.3. The van der Waals surface area contributed by atoms with Crippen molar-refractivity contribution in [2.45, 2.75) is 20.8 Å². The minimum absolute atomic E-state index is 0.414. The third-order valence-corrected chi connectivity index (χ3v) is 1.55. The molecule has 0 heterocycles. The molecule has 0 aromatic heterocycles. The molecular formula is C9H18N2. The zero-order valence-corrected chi connectivity index (χ0v) is 7.59. The van der Waals surface area contributed by atoms with Gasteiger partial charge in [-0.2, -0.15) is 0 Å². The topological polar surface area (TPSA) is 52.0 Å². The summed E-state index contributed by atoms with van der Waals surface area (Å²) in [5, 5.41) is 0. The number of allylic oxidation sites excluding steroid dienone is 3. The molecule has 0 rings (SSSR count). The molecule has 0 spiro atoms. The maximum Gasteiger partial charge on any atom is 0.0137 e. The molecule has 0 aliphatic carbocycles. The highest BCUT2D eigenvalue weighted by Crippen LogP contribution is 2.02. The van der Waals surface area contributed by atoms with Crippen LogP contribution in [0.3, 0.4) is 0 Å². The van der Waals surface area contributed by atoms with E-state index in [2.05, 4.69) is 13.8 Å². The van der Waals surface area contributed by atoms with Crippen molar-refractivity contribution in [3.05, 3.63) is 23.4 Å². The van der Waals surface area contributed by atoms with Gasteiger partial charge in [0.1, 0.15) is 0 Å². The predicted molar refractivity (Wildman–Crippen MR) is 49.9 cm³/mol. The fourth-order valence-corrected chi connectivity index (χ4v) is 0.499. The molecule has 11 heavy (non-hydrogen) atoms. The molecule has 2 nitrogen and oxygen atoms in total. The first-order chi connectivity index (χ1) is 5.07. The van der Waals surface area contributed by atoms with Gasteiger partial charge in [-0.3, -0.25) is 0 Å². The molecule has 0 atom stereocenters. The molecule has 0 unspecified atom stereocenters. The molecule has 2 heteroatoms. The maximum atomic E-state index is 5.70. The summed E-state index contributed by atoms with van der Waals surface area (Å²) >= 11 is 0. The van der Waals surface area contributed by atoms with Gasteiger partial charge in [0.15, 0.2) is 0 Å². The number of rotatable bonds is 3. The van der Waals surface area contributed by atoms with Gasteiger partial charge < -0.3 is 11.5 Å². The zero-order valence-electron chi connectivity index (χ0n) is 7.59. The number of hydrogen-bond donors (Lipinski definition) is 2. The van der Waals surface area contributed by atoms with Crippen LogP contribution in [0.1, 0.15) is 20.8 Å². The lowest BCUT2D eigenvalue weighted by molar-refractivity contribution is 0.757. The van der Waals surface area contributed by atoms with E-state index in [9.17, 15) is 0 Å². The summed E-state index contributed by atoms with van der Waals surface area (Å²) < 4.78 is 0. The van der Waals surface area contributed by atoms with Crippen LogP contribution in [-0.4, -0.2) is 6.54 Å². The molecule has 0 aliphatic rings. The zero-order chi connectivity index (χ0) is 8.85. The van der Waals surface area contributed by atoms with Gasteiger partial charge >= 0.3 is 0 Å². The van der Waals surface area contributed by atoms with Gasteiger partial charge in [-0.1, -0.05) is 25.5 Å². The first-order valence-corrected chi connectivity index (χ1v) is 3.90. The molecule has 0 radical (unpaired) electrons. The Morgan fingerprint density at radius 2 is 1.91 bits per heavy atom. The summed E-state index contributed by atoms with van der Waals surface area (Å²) in [6, 6.07) is 0. The average Bonchev–Trinajstić information content (AvgIpc) is 1.99. The van der Waals surface area contributed by atoms with Crippen molar-refractivity contribution in [1.29, 1.82) is 0 Å². The van der Waals surface area contributed by atoms with E-state index in [4.69, 9.17) is 11.5 Å². The summed E-state index contributed by atoms with van der Waals surface area (Å²) in [4.78, 5) is 0. The lowest BCUT2D eigenvalue weighted by Crippen LogP contribution is -2.04. The van der Waals surface area contributed by atoms with Crippen LogP contribution < -0.4 is 11.5 Å². The third-order valence-electron chi connectivity index (χ3n) is 1.55. The molecule has 0 saturated heterocycles. The van der Waals surface area contributed by atoms with Crippen molar-refractivity contribution in [2.24, 2.45) is 17.4 Å². The Labute approximate surface area is 69.0 Å². The Kier molecular flexibility index (Phi) is 4.62. The predicted octanol–water partition coefficient (Wildman–Crippen LogP) is 1.39. The minimum atomic E-state index is 0.414. The quantitative estimate of drug-likeness (QED) is 0.603. The van der Waals surface area contributed by atoms with Gasteiger partial charge in [0.25, 0.3) is 0 Å². The molecule has 0 bridgehead atoms. The van der Waals surface area contributed by atoms with Gasteiger partial charge in [0, 0.05) is 12.2 Å². The summed E-state index contributed by atoms with van der Waals surface area (Å²) in [5.74, 6) is 0.414. The number of hydrogen-bond acceptors (Lipinski definition) is 2. The van der Waals surface area contributed by atoms with E-state index in [0.717, 1.165) is 11.3 Å². The Hall–Kier alpha value is -0.760. The van der Waals surface area contributed by atoms with Crippen molar-refractivity contribution in [1.82, 2.24) is 0 Å². The maximum absolute atomic E-state index is 5.70. The summed E-state index contributed by atoms with van der Waals surface area (Å²) in [6.07, 6.45) is 3.89. The molecule has 0 aromatic rings. The van der Waals surface area contributed by atoms with Crippen LogP contribution >= 0.6 is 0 Å². The molecule has 0 amide bonds. The van der Waals surface area contributed by atoms with Crippen molar-refractivity contribution >= 4 is 0 Å². The first-order valence-electron chi connectivity index (χ1n) is 3.90. The van der Waals surface area contributed by atoms with Crippen LogP contribution in [0.5, 0.6) is 0 Å². The monoisotopic (exact) mass is 154 g/mol. The van der Waals surface area contributed by atoms with Crippen molar-refractivity contribution < 1.29 is 0 Å². The lowest BCUT2D eigenvalue weighted by Gasteiger charge is -2.02. The molecule has 4 N–H and O–H groups in total. The molecule has 0 aromatic carbocycles.